The molecule has 0 amide bonds. The van der Waals surface area contributed by atoms with E-state index in [1.54, 1.807) is 0 Å². The Kier molecular flexibility index (Phi) is 4.48. The SMILES string of the molecule is COc1cc(C(F)F)cc(C2(N)CCCCC2)c1OC. The molecule has 0 bridgehead atoms. The predicted octanol–water partition coefficient (Wildman–Crippen LogP) is 3.76. The second-order valence-electron chi connectivity index (χ2n) is 5.32. The first-order valence-electron chi connectivity index (χ1n) is 6.85. The van der Waals surface area contributed by atoms with E-state index in [2.05, 4.69) is 0 Å². The van der Waals surface area contributed by atoms with Crippen molar-refractivity contribution in [1.29, 1.82) is 0 Å². The smallest absolute Gasteiger partial charge is 0.263 e. The number of nitrogens with two attached hydrogens (primary N) is 1. The maximum Gasteiger partial charge on any atom is 0.263 e. The van der Waals surface area contributed by atoms with E-state index >= 15 is 0 Å². The third-order valence-corrected chi connectivity index (χ3v) is 4.04. The van der Waals surface area contributed by atoms with E-state index in [1.807, 2.05) is 0 Å². The summed E-state index contributed by atoms with van der Waals surface area (Å²) >= 11 is 0. The minimum atomic E-state index is -2.55. The Morgan fingerprint density at radius 1 is 1.10 bits per heavy atom. The molecule has 2 rings (SSSR count). The van der Waals surface area contributed by atoms with Crippen LogP contribution in [0.3, 0.4) is 0 Å². The normalized spacial score (nSPS) is 18.1. The highest BCUT2D eigenvalue weighted by molar-refractivity contribution is 5.53. The number of hydrogen-bond donors (Lipinski definition) is 1. The van der Waals surface area contributed by atoms with Crippen molar-refractivity contribution in [3.8, 4) is 11.5 Å². The molecular formula is C15H21F2NO2. The number of benzene rings is 1. The molecule has 1 aromatic rings. The largest absolute Gasteiger partial charge is 0.493 e. The molecule has 20 heavy (non-hydrogen) atoms. The molecule has 0 saturated heterocycles. The first-order valence-corrected chi connectivity index (χ1v) is 6.85. The van der Waals surface area contributed by atoms with Crippen molar-refractivity contribution in [2.75, 3.05) is 14.2 Å². The van der Waals surface area contributed by atoms with Gasteiger partial charge in [0.05, 0.1) is 14.2 Å². The molecule has 0 radical (unpaired) electrons. The predicted molar refractivity (Wildman–Crippen MR) is 73.5 cm³/mol. The number of hydrogen-bond acceptors (Lipinski definition) is 3. The third kappa shape index (κ3) is 2.73. The van der Waals surface area contributed by atoms with E-state index in [-0.39, 0.29) is 5.56 Å². The highest BCUT2D eigenvalue weighted by atomic mass is 19.3. The Balaban J connectivity index is 2.56. The van der Waals surface area contributed by atoms with Gasteiger partial charge in [0.2, 0.25) is 0 Å². The number of methoxy groups -OCH3 is 2. The summed E-state index contributed by atoms with van der Waals surface area (Å²) in [4.78, 5) is 0. The van der Waals surface area contributed by atoms with Crippen LogP contribution in [0.5, 0.6) is 11.5 Å². The summed E-state index contributed by atoms with van der Waals surface area (Å²) in [7, 11) is 2.95. The van der Waals surface area contributed by atoms with Crippen LogP contribution in [-0.2, 0) is 5.54 Å². The van der Waals surface area contributed by atoms with Crippen molar-refractivity contribution >= 4 is 0 Å². The maximum atomic E-state index is 13.1. The van der Waals surface area contributed by atoms with Crippen molar-refractivity contribution in [2.24, 2.45) is 5.73 Å². The Morgan fingerprint density at radius 2 is 1.75 bits per heavy atom. The van der Waals surface area contributed by atoms with Crippen LogP contribution >= 0.6 is 0 Å². The fourth-order valence-corrected chi connectivity index (χ4v) is 2.93. The zero-order valence-corrected chi connectivity index (χ0v) is 11.9. The van der Waals surface area contributed by atoms with Gasteiger partial charge in [0.25, 0.3) is 6.43 Å². The number of alkyl halides is 2. The van der Waals surface area contributed by atoms with E-state index < -0.39 is 12.0 Å². The lowest BCUT2D eigenvalue weighted by Gasteiger charge is -2.35. The van der Waals surface area contributed by atoms with Gasteiger partial charge in [-0.2, -0.15) is 0 Å². The number of ether oxygens (including phenoxy) is 2. The molecule has 0 heterocycles. The second-order valence-corrected chi connectivity index (χ2v) is 5.32. The van der Waals surface area contributed by atoms with E-state index in [0.29, 0.717) is 17.1 Å². The molecule has 1 aliphatic carbocycles. The average Bonchev–Trinajstić information content (AvgIpc) is 2.46. The molecule has 1 fully saturated rings. The summed E-state index contributed by atoms with van der Waals surface area (Å²) in [6.07, 6.45) is 2.13. The van der Waals surface area contributed by atoms with Crippen molar-refractivity contribution < 1.29 is 18.3 Å². The molecule has 1 aromatic carbocycles. The van der Waals surface area contributed by atoms with Crippen LogP contribution in [0.15, 0.2) is 12.1 Å². The molecular weight excluding hydrogens is 264 g/mol. The van der Waals surface area contributed by atoms with Crippen molar-refractivity contribution in [3.05, 3.63) is 23.3 Å². The molecule has 1 saturated carbocycles. The molecule has 3 nitrogen and oxygen atoms in total. The molecule has 0 spiro atoms. The van der Waals surface area contributed by atoms with Crippen LogP contribution in [0, 0.1) is 0 Å². The highest BCUT2D eigenvalue weighted by Crippen LogP contribution is 2.45. The van der Waals surface area contributed by atoms with E-state index in [4.69, 9.17) is 15.2 Å². The Labute approximate surface area is 118 Å². The summed E-state index contributed by atoms with van der Waals surface area (Å²) in [5, 5.41) is 0. The Hall–Kier alpha value is -1.36. The molecule has 0 aliphatic heterocycles. The lowest BCUT2D eigenvalue weighted by atomic mass is 9.76. The van der Waals surface area contributed by atoms with Gasteiger partial charge in [0.1, 0.15) is 0 Å². The molecule has 0 unspecified atom stereocenters. The Bertz CT molecular complexity index is 471. The van der Waals surface area contributed by atoms with E-state index in [0.717, 1.165) is 32.1 Å². The lowest BCUT2D eigenvalue weighted by molar-refractivity contribution is 0.150. The van der Waals surface area contributed by atoms with Crippen molar-refractivity contribution in [2.45, 2.75) is 44.1 Å². The standard InChI is InChI=1S/C15H21F2NO2/c1-19-12-9-10(14(16)17)8-11(13(12)20-2)15(18)6-4-3-5-7-15/h8-9,14H,3-7,18H2,1-2H3. The van der Waals surface area contributed by atoms with Crippen LogP contribution in [-0.4, -0.2) is 14.2 Å². The van der Waals surface area contributed by atoms with Crippen LogP contribution in [0.25, 0.3) is 0 Å². The van der Waals surface area contributed by atoms with Crippen LogP contribution in [0.4, 0.5) is 8.78 Å². The van der Waals surface area contributed by atoms with Gasteiger partial charge in [-0.3, -0.25) is 0 Å². The third-order valence-electron chi connectivity index (χ3n) is 4.04. The van der Waals surface area contributed by atoms with Crippen LogP contribution in [0.1, 0.15) is 49.7 Å². The van der Waals surface area contributed by atoms with Crippen LogP contribution < -0.4 is 15.2 Å². The first-order chi connectivity index (χ1) is 9.51. The van der Waals surface area contributed by atoms with Gasteiger partial charge in [-0.05, 0) is 25.0 Å². The summed E-state index contributed by atoms with van der Waals surface area (Å²) in [5.74, 6) is 0.789. The second kappa shape index (κ2) is 5.95. The maximum absolute atomic E-state index is 13.1. The topological polar surface area (TPSA) is 44.5 Å². The Morgan fingerprint density at radius 3 is 2.25 bits per heavy atom. The first kappa shape index (κ1) is 15.0. The number of rotatable bonds is 4. The monoisotopic (exact) mass is 285 g/mol. The number of halogens is 2. The van der Waals surface area contributed by atoms with E-state index in [9.17, 15) is 8.78 Å². The summed E-state index contributed by atoms with van der Waals surface area (Å²) in [6, 6.07) is 2.79. The molecule has 0 atom stereocenters. The van der Waals surface area contributed by atoms with Crippen LogP contribution in [0.2, 0.25) is 0 Å². The van der Waals surface area contributed by atoms with E-state index in [1.165, 1.54) is 26.4 Å². The summed E-state index contributed by atoms with van der Waals surface area (Å²) in [5.41, 5.74) is 6.42. The lowest BCUT2D eigenvalue weighted by Crippen LogP contribution is -2.39. The van der Waals surface area contributed by atoms with Gasteiger partial charge in [-0.25, -0.2) is 8.78 Å². The average molecular weight is 285 g/mol. The quantitative estimate of drug-likeness (QED) is 0.916. The molecule has 5 heteroatoms. The molecule has 2 N–H and O–H groups in total. The summed E-state index contributed by atoms with van der Waals surface area (Å²) in [6.45, 7) is 0. The molecule has 1 aliphatic rings. The zero-order valence-electron chi connectivity index (χ0n) is 11.9. The minimum Gasteiger partial charge on any atom is -0.493 e. The van der Waals surface area contributed by atoms with Gasteiger partial charge >= 0.3 is 0 Å². The fraction of sp³-hybridized carbons (Fsp3) is 0.600. The zero-order chi connectivity index (χ0) is 14.8. The van der Waals surface area contributed by atoms with Gasteiger partial charge in [0.15, 0.2) is 11.5 Å². The van der Waals surface area contributed by atoms with Crippen molar-refractivity contribution in [1.82, 2.24) is 0 Å². The van der Waals surface area contributed by atoms with Gasteiger partial charge in [-0.15, -0.1) is 0 Å². The molecule has 0 aromatic heterocycles. The minimum absolute atomic E-state index is 0.0759. The van der Waals surface area contributed by atoms with Crippen molar-refractivity contribution in [3.63, 3.8) is 0 Å². The fourth-order valence-electron chi connectivity index (χ4n) is 2.93. The van der Waals surface area contributed by atoms with Gasteiger partial charge < -0.3 is 15.2 Å². The molecule has 112 valence electrons. The highest BCUT2D eigenvalue weighted by Gasteiger charge is 2.34. The van der Waals surface area contributed by atoms with Gasteiger partial charge in [0, 0.05) is 16.7 Å². The summed E-state index contributed by atoms with van der Waals surface area (Å²) < 4.78 is 36.7. The van der Waals surface area contributed by atoms with Gasteiger partial charge in [-0.1, -0.05) is 19.3 Å².